The molecule has 0 aromatic heterocycles. The number of aliphatic carboxylic acids is 2. The number of carboxylic acid groups (broad SMARTS) is 2. The fourth-order valence-electron chi connectivity index (χ4n) is 4.77. The zero-order valence-electron chi connectivity index (χ0n) is 22.2. The minimum Gasteiger partial charge on any atom is -0.481 e. The van der Waals surface area contributed by atoms with Crippen LogP contribution in [0.3, 0.4) is 0 Å². The lowest BCUT2D eigenvalue weighted by molar-refractivity contribution is -0.139. The van der Waals surface area contributed by atoms with E-state index in [1.165, 1.54) is 32.1 Å². The summed E-state index contributed by atoms with van der Waals surface area (Å²) in [7, 11) is 0. The van der Waals surface area contributed by atoms with E-state index >= 15 is 0 Å². The first-order valence-corrected chi connectivity index (χ1v) is 13.6. The summed E-state index contributed by atoms with van der Waals surface area (Å²) in [5, 5.41) is 32.9. The molecular weight excluding hydrogens is 480 g/mol. The Kier molecular flexibility index (Phi) is 21.3. The lowest BCUT2D eigenvalue weighted by Gasteiger charge is -2.31. The van der Waals surface area contributed by atoms with Crippen LogP contribution in [0.4, 0.5) is 0 Å². The second-order valence-electron chi connectivity index (χ2n) is 10.00. The minimum absolute atomic E-state index is 0.0628. The molecule has 0 amide bonds. The molecule has 4 N–H and O–H groups in total. The van der Waals surface area contributed by atoms with Crippen molar-refractivity contribution >= 4 is 24.1 Å². The van der Waals surface area contributed by atoms with Gasteiger partial charge in [0.25, 0.3) is 0 Å². The van der Waals surface area contributed by atoms with Gasteiger partial charge in [-0.15, -0.1) is 0 Å². The molecule has 0 unspecified atom stereocenters. The second kappa shape index (κ2) is 22.8. The molecule has 0 radical (unpaired) electrons. The van der Waals surface area contributed by atoms with Gasteiger partial charge in [-0.25, -0.2) is 19.6 Å². The van der Waals surface area contributed by atoms with E-state index in [0.29, 0.717) is 19.3 Å². The number of aliphatic imine (C=N–C) groups is 2. The first kappa shape index (κ1) is 34.6. The molecule has 0 heterocycles. The Bertz CT molecular complexity index is 649. The van der Waals surface area contributed by atoms with Gasteiger partial charge in [-0.2, -0.15) is 0 Å². The van der Waals surface area contributed by atoms with Gasteiger partial charge in [-0.1, -0.05) is 19.8 Å². The van der Waals surface area contributed by atoms with Crippen LogP contribution in [0.2, 0.25) is 0 Å². The van der Waals surface area contributed by atoms with Crippen LogP contribution in [0.5, 0.6) is 0 Å². The number of rotatable bonds is 13. The van der Waals surface area contributed by atoms with Crippen molar-refractivity contribution in [3.05, 3.63) is 0 Å². The maximum atomic E-state index is 10.2. The lowest BCUT2D eigenvalue weighted by atomic mass is 9.76. The number of unbranched alkanes of at least 4 members (excludes halogenated alkanes) is 3. The summed E-state index contributed by atoms with van der Waals surface area (Å²) in [5.74, 6) is -0.140. The molecule has 0 aromatic rings. The summed E-state index contributed by atoms with van der Waals surface area (Å²) >= 11 is 0. The minimum atomic E-state index is -1.10. The average Bonchev–Trinajstić information content (AvgIpc) is 2.85. The van der Waals surface area contributed by atoms with Crippen molar-refractivity contribution in [2.45, 2.75) is 134 Å². The zero-order chi connectivity index (χ0) is 27.9. The number of aliphatic hydroxyl groups excluding tert-OH is 1. The molecule has 0 atom stereocenters. The maximum absolute atomic E-state index is 10.2. The van der Waals surface area contributed by atoms with E-state index in [9.17, 15) is 19.2 Å². The molecule has 2 aliphatic rings. The van der Waals surface area contributed by atoms with Crippen molar-refractivity contribution in [1.29, 1.82) is 0 Å². The number of carbonyl (C=O) groups excluding carboxylic acids is 2. The molecule has 0 spiro atoms. The monoisotopic (exact) mass is 526 g/mol. The summed E-state index contributed by atoms with van der Waals surface area (Å²) in [6.45, 7) is 2.09. The van der Waals surface area contributed by atoms with Crippen molar-refractivity contribution in [3.63, 3.8) is 0 Å². The number of nitrogens with zero attached hydrogens (tertiary/aromatic N) is 2. The highest BCUT2D eigenvalue weighted by molar-refractivity contribution is 5.67. The Morgan fingerprint density at radius 2 is 1.14 bits per heavy atom. The number of carbonyl (C=O) groups is 2. The first-order chi connectivity index (χ1) is 17.7. The summed E-state index contributed by atoms with van der Waals surface area (Å²) in [5.41, 5.74) is 0. The molecule has 0 aliphatic heterocycles. The number of isocyanates is 2. The average molecular weight is 527 g/mol. The van der Waals surface area contributed by atoms with Gasteiger partial charge < -0.3 is 20.4 Å². The van der Waals surface area contributed by atoms with Crippen LogP contribution in [0, 0.1) is 11.8 Å². The van der Waals surface area contributed by atoms with E-state index in [0.717, 1.165) is 56.8 Å². The Morgan fingerprint density at radius 3 is 1.43 bits per heavy atom. The van der Waals surface area contributed by atoms with Gasteiger partial charge in [0.1, 0.15) is 0 Å². The Labute approximate surface area is 220 Å². The topological polar surface area (TPSA) is 174 Å². The van der Waals surface area contributed by atoms with E-state index in [2.05, 4.69) is 16.9 Å². The van der Waals surface area contributed by atoms with Crippen LogP contribution in [0.1, 0.15) is 116 Å². The SMILES string of the molecule is CCCCCC(O)O.O=C(O)CCCCC(=O)O.O=C=NC1CCC(CC2CCC(N=C=O)CC2)CC1. The van der Waals surface area contributed by atoms with E-state index in [-0.39, 0.29) is 24.9 Å². The maximum Gasteiger partial charge on any atom is 0.303 e. The standard InChI is InChI=1S/C15H22N2O2.C6H10O4.C6H14O2/c18-10-16-14-5-1-12(2-6-14)9-13-3-7-15(8-4-13)17-11-19;7-5(8)3-1-2-4-6(9)10;1-2-3-4-5-6(7)8/h12-15H,1-9H2;1-4H2,(H,7,8)(H,9,10);6-8H,2-5H2,1H3. The smallest absolute Gasteiger partial charge is 0.303 e. The molecule has 0 saturated heterocycles. The number of carboxylic acids is 2. The van der Waals surface area contributed by atoms with Crippen LogP contribution in [-0.2, 0) is 19.2 Å². The van der Waals surface area contributed by atoms with E-state index in [1.54, 1.807) is 12.2 Å². The van der Waals surface area contributed by atoms with Crippen LogP contribution >= 0.6 is 0 Å². The summed E-state index contributed by atoms with van der Waals surface area (Å²) in [6, 6.07) is 0.456. The van der Waals surface area contributed by atoms with Gasteiger partial charge in [-0.05, 0) is 95.3 Å². The third-order valence-electron chi connectivity index (χ3n) is 6.87. The Balaban J connectivity index is 0.000000607. The van der Waals surface area contributed by atoms with Crippen LogP contribution in [0.15, 0.2) is 9.98 Å². The van der Waals surface area contributed by atoms with Gasteiger partial charge in [0, 0.05) is 12.8 Å². The van der Waals surface area contributed by atoms with Gasteiger partial charge in [0.15, 0.2) is 6.29 Å². The highest BCUT2D eigenvalue weighted by atomic mass is 16.5. The van der Waals surface area contributed by atoms with Crippen molar-refractivity contribution < 1.29 is 39.6 Å². The molecular formula is C27H46N2O8. The predicted molar refractivity (Wildman–Crippen MR) is 138 cm³/mol. The number of hydrogen-bond donors (Lipinski definition) is 4. The molecule has 2 fully saturated rings. The van der Waals surface area contributed by atoms with E-state index in [4.69, 9.17) is 20.4 Å². The molecule has 0 aromatic carbocycles. The number of hydrogen-bond acceptors (Lipinski definition) is 8. The fourth-order valence-corrected chi connectivity index (χ4v) is 4.77. The van der Waals surface area contributed by atoms with Crippen LogP contribution in [0.25, 0.3) is 0 Å². The van der Waals surface area contributed by atoms with Crippen molar-refractivity contribution in [3.8, 4) is 0 Å². The largest absolute Gasteiger partial charge is 0.481 e. The summed E-state index contributed by atoms with van der Waals surface area (Å²) < 4.78 is 0. The third kappa shape index (κ3) is 21.4. The Morgan fingerprint density at radius 1 is 0.730 bits per heavy atom. The lowest BCUT2D eigenvalue weighted by Crippen LogP contribution is -2.23. The summed E-state index contributed by atoms with van der Waals surface area (Å²) in [6.07, 6.45) is 17.2. The Hall–Kier alpha value is -2.38. The molecule has 212 valence electrons. The number of aliphatic hydroxyl groups is 2. The highest BCUT2D eigenvalue weighted by Gasteiger charge is 2.26. The molecule has 37 heavy (non-hydrogen) atoms. The third-order valence-corrected chi connectivity index (χ3v) is 6.87. The fraction of sp³-hybridized carbons (Fsp3) is 0.852. The van der Waals surface area contributed by atoms with Gasteiger partial charge >= 0.3 is 11.9 Å². The van der Waals surface area contributed by atoms with Crippen molar-refractivity contribution in [2.24, 2.45) is 21.8 Å². The predicted octanol–water partition coefficient (Wildman–Crippen LogP) is 4.76. The van der Waals surface area contributed by atoms with Gasteiger partial charge in [-0.3, -0.25) is 9.59 Å². The van der Waals surface area contributed by atoms with Crippen molar-refractivity contribution in [1.82, 2.24) is 0 Å². The van der Waals surface area contributed by atoms with Crippen LogP contribution in [-0.4, -0.2) is 62.9 Å². The van der Waals surface area contributed by atoms with E-state index in [1.807, 2.05) is 0 Å². The molecule has 0 bridgehead atoms. The van der Waals surface area contributed by atoms with Crippen molar-refractivity contribution in [2.75, 3.05) is 0 Å². The molecule has 2 saturated carbocycles. The van der Waals surface area contributed by atoms with Gasteiger partial charge in [0.05, 0.1) is 12.1 Å². The molecule has 2 aliphatic carbocycles. The molecule has 10 nitrogen and oxygen atoms in total. The highest BCUT2D eigenvalue weighted by Crippen LogP contribution is 2.36. The van der Waals surface area contributed by atoms with E-state index < -0.39 is 18.2 Å². The zero-order valence-corrected chi connectivity index (χ0v) is 22.2. The normalized spacial score (nSPS) is 22.7. The van der Waals surface area contributed by atoms with Gasteiger partial charge in [0.2, 0.25) is 12.2 Å². The first-order valence-electron chi connectivity index (χ1n) is 13.6. The van der Waals surface area contributed by atoms with Crippen LogP contribution < -0.4 is 0 Å². The molecule has 2 rings (SSSR count). The molecule has 10 heteroatoms. The summed E-state index contributed by atoms with van der Waals surface area (Å²) in [4.78, 5) is 47.9. The quantitative estimate of drug-likeness (QED) is 0.115. The second-order valence-corrected chi connectivity index (χ2v) is 10.00.